The van der Waals surface area contributed by atoms with E-state index in [0.717, 1.165) is 16.8 Å². The van der Waals surface area contributed by atoms with Crippen molar-refractivity contribution < 1.29 is 19.0 Å². The highest BCUT2D eigenvalue weighted by molar-refractivity contribution is 5.81. The summed E-state index contributed by atoms with van der Waals surface area (Å²) in [6.45, 7) is 9.29. The van der Waals surface area contributed by atoms with Crippen LogP contribution in [0.5, 0.6) is 11.5 Å². The van der Waals surface area contributed by atoms with Crippen LogP contribution in [0, 0.1) is 0 Å². The topological polar surface area (TPSA) is 56.8 Å². The Morgan fingerprint density at radius 2 is 1.77 bits per heavy atom. The van der Waals surface area contributed by atoms with Gasteiger partial charge in [-0.2, -0.15) is 0 Å². The SMILES string of the molecule is CCOC(=O)C1CC(c2ccc(OCc3ccccc3)c(OC)c2)c2cc(C(C)(C)C)ccc2N1. The minimum Gasteiger partial charge on any atom is -0.493 e. The number of rotatable bonds is 7. The molecule has 0 saturated carbocycles. The van der Waals surface area contributed by atoms with Crippen LogP contribution in [-0.2, 0) is 21.6 Å². The largest absolute Gasteiger partial charge is 0.493 e. The number of nitrogens with one attached hydrogen (secondary N) is 1. The van der Waals surface area contributed by atoms with Crippen molar-refractivity contribution >= 4 is 11.7 Å². The maximum absolute atomic E-state index is 12.7. The molecule has 2 atom stereocenters. The molecule has 184 valence electrons. The molecular weight excluding hydrogens is 438 g/mol. The van der Waals surface area contributed by atoms with Gasteiger partial charge in [0.05, 0.1) is 13.7 Å². The number of hydrogen-bond donors (Lipinski definition) is 1. The second-order valence-electron chi connectivity index (χ2n) is 9.97. The van der Waals surface area contributed by atoms with Crippen molar-refractivity contribution in [3.8, 4) is 11.5 Å². The smallest absolute Gasteiger partial charge is 0.328 e. The number of esters is 1. The fourth-order valence-corrected chi connectivity index (χ4v) is 4.53. The van der Waals surface area contributed by atoms with E-state index >= 15 is 0 Å². The molecule has 0 saturated heterocycles. The zero-order valence-corrected chi connectivity index (χ0v) is 21.3. The average Bonchev–Trinajstić information content (AvgIpc) is 2.86. The summed E-state index contributed by atoms with van der Waals surface area (Å²) in [4.78, 5) is 12.7. The van der Waals surface area contributed by atoms with Crippen LogP contribution in [0.1, 0.15) is 62.3 Å². The van der Waals surface area contributed by atoms with Gasteiger partial charge in [-0.3, -0.25) is 0 Å². The van der Waals surface area contributed by atoms with E-state index in [1.165, 1.54) is 11.1 Å². The molecule has 35 heavy (non-hydrogen) atoms. The highest BCUT2D eigenvalue weighted by Gasteiger charge is 2.34. The molecule has 5 nitrogen and oxygen atoms in total. The number of carbonyl (C=O) groups is 1. The molecule has 1 heterocycles. The van der Waals surface area contributed by atoms with Gasteiger partial charge < -0.3 is 19.5 Å². The Balaban J connectivity index is 1.68. The summed E-state index contributed by atoms with van der Waals surface area (Å²) >= 11 is 0. The molecule has 0 aliphatic carbocycles. The Hall–Kier alpha value is -3.47. The molecule has 1 N–H and O–H groups in total. The van der Waals surface area contributed by atoms with Crippen molar-refractivity contribution in [1.29, 1.82) is 0 Å². The first-order chi connectivity index (χ1) is 16.8. The first-order valence-electron chi connectivity index (χ1n) is 12.2. The van der Waals surface area contributed by atoms with Crippen LogP contribution in [-0.4, -0.2) is 25.7 Å². The highest BCUT2D eigenvalue weighted by Crippen LogP contribution is 2.43. The van der Waals surface area contributed by atoms with Gasteiger partial charge in [0.1, 0.15) is 12.6 Å². The Labute approximate surface area is 208 Å². The molecule has 3 aromatic carbocycles. The molecule has 2 unspecified atom stereocenters. The lowest BCUT2D eigenvalue weighted by molar-refractivity contribution is -0.144. The van der Waals surface area contributed by atoms with Gasteiger partial charge in [-0.05, 0) is 59.2 Å². The lowest BCUT2D eigenvalue weighted by Crippen LogP contribution is -2.37. The fourth-order valence-electron chi connectivity index (χ4n) is 4.53. The maximum atomic E-state index is 12.7. The number of anilines is 1. The summed E-state index contributed by atoms with van der Waals surface area (Å²) < 4.78 is 17.1. The second kappa shape index (κ2) is 10.4. The molecule has 0 spiro atoms. The lowest BCUT2D eigenvalue weighted by Gasteiger charge is -2.34. The van der Waals surface area contributed by atoms with E-state index in [0.29, 0.717) is 31.1 Å². The molecule has 0 amide bonds. The van der Waals surface area contributed by atoms with Gasteiger partial charge in [0.2, 0.25) is 0 Å². The number of hydrogen-bond acceptors (Lipinski definition) is 5. The van der Waals surface area contributed by atoms with E-state index in [1.54, 1.807) is 7.11 Å². The van der Waals surface area contributed by atoms with Gasteiger partial charge >= 0.3 is 5.97 Å². The molecule has 0 radical (unpaired) electrons. The minimum absolute atomic E-state index is 0.0139. The lowest BCUT2D eigenvalue weighted by atomic mass is 9.78. The van der Waals surface area contributed by atoms with Crippen LogP contribution in [0.25, 0.3) is 0 Å². The molecular formula is C30H35NO4. The van der Waals surface area contributed by atoms with Crippen molar-refractivity contribution in [2.24, 2.45) is 0 Å². The summed E-state index contributed by atoms with van der Waals surface area (Å²) in [7, 11) is 1.66. The standard InChI is InChI=1S/C30H35NO4/c1-6-34-29(32)26-18-23(24-17-22(30(2,3)4)13-14-25(24)31-26)21-12-15-27(28(16-21)33-5)35-19-20-10-8-7-9-11-20/h7-17,23,26,31H,6,18-19H2,1-5H3. The van der Waals surface area contributed by atoms with Crippen molar-refractivity contribution in [3.63, 3.8) is 0 Å². The van der Waals surface area contributed by atoms with E-state index in [9.17, 15) is 4.79 Å². The highest BCUT2D eigenvalue weighted by atomic mass is 16.5. The van der Waals surface area contributed by atoms with E-state index < -0.39 is 6.04 Å². The summed E-state index contributed by atoms with van der Waals surface area (Å²) in [5, 5.41) is 3.41. The normalized spacial score (nSPS) is 17.2. The molecule has 1 aliphatic heterocycles. The van der Waals surface area contributed by atoms with Crippen molar-refractivity contribution in [1.82, 2.24) is 0 Å². The number of methoxy groups -OCH3 is 1. The summed E-state index contributed by atoms with van der Waals surface area (Å²) in [6.07, 6.45) is 0.604. The third-order valence-electron chi connectivity index (χ3n) is 6.49. The molecule has 0 aromatic heterocycles. The van der Waals surface area contributed by atoms with Crippen LogP contribution in [0.2, 0.25) is 0 Å². The number of carbonyl (C=O) groups excluding carboxylic acids is 1. The Morgan fingerprint density at radius 1 is 1.00 bits per heavy atom. The van der Waals surface area contributed by atoms with Crippen LogP contribution >= 0.6 is 0 Å². The van der Waals surface area contributed by atoms with E-state index in [4.69, 9.17) is 14.2 Å². The molecule has 4 rings (SSSR count). The zero-order chi connectivity index (χ0) is 25.0. The monoisotopic (exact) mass is 473 g/mol. The minimum atomic E-state index is -0.409. The summed E-state index contributed by atoms with van der Waals surface area (Å²) in [5.74, 6) is 1.16. The third-order valence-corrected chi connectivity index (χ3v) is 6.49. The molecule has 5 heteroatoms. The van der Waals surface area contributed by atoms with E-state index in [1.807, 2.05) is 49.4 Å². The van der Waals surface area contributed by atoms with E-state index in [-0.39, 0.29) is 17.3 Å². The van der Waals surface area contributed by atoms with Gasteiger partial charge in [-0.15, -0.1) is 0 Å². The predicted molar refractivity (Wildman–Crippen MR) is 139 cm³/mol. The van der Waals surface area contributed by atoms with Crippen molar-refractivity contribution in [2.75, 3.05) is 19.0 Å². The van der Waals surface area contributed by atoms with Gasteiger partial charge in [-0.25, -0.2) is 4.79 Å². The van der Waals surface area contributed by atoms with Gasteiger partial charge in [0, 0.05) is 11.6 Å². The van der Waals surface area contributed by atoms with Crippen LogP contribution < -0.4 is 14.8 Å². The van der Waals surface area contributed by atoms with Gasteiger partial charge in [-0.1, -0.05) is 69.3 Å². The van der Waals surface area contributed by atoms with Crippen molar-refractivity contribution in [2.45, 2.75) is 58.1 Å². The molecule has 0 fully saturated rings. The number of ether oxygens (including phenoxy) is 3. The number of benzene rings is 3. The Morgan fingerprint density at radius 3 is 2.46 bits per heavy atom. The zero-order valence-electron chi connectivity index (χ0n) is 21.3. The van der Waals surface area contributed by atoms with Crippen LogP contribution in [0.3, 0.4) is 0 Å². The first-order valence-corrected chi connectivity index (χ1v) is 12.2. The predicted octanol–water partition coefficient (Wildman–Crippen LogP) is 6.45. The molecule has 3 aromatic rings. The second-order valence-corrected chi connectivity index (χ2v) is 9.97. The van der Waals surface area contributed by atoms with E-state index in [2.05, 4.69) is 50.4 Å². The maximum Gasteiger partial charge on any atom is 0.328 e. The Kier molecular flexibility index (Phi) is 7.34. The number of fused-ring (bicyclic) bond motifs is 1. The molecule has 1 aliphatic rings. The van der Waals surface area contributed by atoms with Gasteiger partial charge in [0.25, 0.3) is 0 Å². The first kappa shape index (κ1) is 24.6. The fraction of sp³-hybridized carbons (Fsp3) is 0.367. The third kappa shape index (κ3) is 5.61. The van der Waals surface area contributed by atoms with Crippen LogP contribution in [0.15, 0.2) is 66.7 Å². The van der Waals surface area contributed by atoms with Crippen molar-refractivity contribution in [3.05, 3.63) is 89.0 Å². The molecule has 0 bridgehead atoms. The summed E-state index contributed by atoms with van der Waals surface area (Å²) in [6, 6.07) is 22.2. The Bertz CT molecular complexity index is 1170. The van der Waals surface area contributed by atoms with Gasteiger partial charge in [0.15, 0.2) is 11.5 Å². The summed E-state index contributed by atoms with van der Waals surface area (Å²) in [5.41, 5.74) is 5.60. The average molecular weight is 474 g/mol. The van der Waals surface area contributed by atoms with Crippen LogP contribution in [0.4, 0.5) is 5.69 Å². The quantitative estimate of drug-likeness (QED) is 0.400.